The molecule has 12 heteroatoms. The molecule has 1 aromatic carbocycles. The Kier molecular flexibility index (Phi) is 9.44. The van der Waals surface area contributed by atoms with Crippen LogP contribution in [-0.2, 0) is 29.1 Å². The van der Waals surface area contributed by atoms with Crippen LogP contribution in [0.5, 0.6) is 5.75 Å². The molecule has 0 aliphatic carbocycles. The number of nitrogens with zero attached hydrogens (tertiary/aromatic N) is 2. The van der Waals surface area contributed by atoms with Gasteiger partial charge in [-0.15, -0.1) is 0 Å². The monoisotopic (exact) mass is 484 g/mol. The molecule has 1 atom stereocenters. The molecule has 0 saturated carbocycles. The highest BCUT2D eigenvalue weighted by molar-refractivity contribution is 7.89. The number of carbonyl (C=O) groups excluding carboxylic acids is 2. The first-order chi connectivity index (χ1) is 15.9. The van der Waals surface area contributed by atoms with Crippen molar-refractivity contribution in [3.8, 4) is 5.75 Å². The summed E-state index contributed by atoms with van der Waals surface area (Å²) in [5.74, 6) is -1.03. The molecule has 2 fully saturated rings. The van der Waals surface area contributed by atoms with Gasteiger partial charge in [0.25, 0.3) is 0 Å². The van der Waals surface area contributed by atoms with Crippen LogP contribution in [0.3, 0.4) is 0 Å². The predicted molar refractivity (Wildman–Crippen MR) is 119 cm³/mol. The number of hydrogen-bond acceptors (Lipinski definition) is 8. The molecular weight excluding hydrogens is 452 g/mol. The van der Waals surface area contributed by atoms with Gasteiger partial charge in [-0.2, -0.15) is 4.31 Å². The summed E-state index contributed by atoms with van der Waals surface area (Å²) in [7, 11) is -2.34. The number of ether oxygens (including phenoxy) is 3. The summed E-state index contributed by atoms with van der Waals surface area (Å²) in [5.41, 5.74) is 0. The average Bonchev–Trinajstić information content (AvgIpc) is 2.85. The Balaban J connectivity index is 1.47. The normalized spacial score (nSPS) is 20.2. The first-order valence-electron chi connectivity index (χ1n) is 11.1. The molecule has 0 aromatic heterocycles. The Morgan fingerprint density at radius 3 is 2.45 bits per heavy atom. The van der Waals surface area contributed by atoms with Gasteiger partial charge in [0, 0.05) is 26.2 Å². The zero-order valence-electron chi connectivity index (χ0n) is 18.8. The summed E-state index contributed by atoms with van der Waals surface area (Å²) in [6.45, 7) is 4.84. The van der Waals surface area contributed by atoms with E-state index in [1.165, 1.54) is 23.5 Å². The van der Waals surface area contributed by atoms with Crippen LogP contribution in [0.1, 0.15) is 12.8 Å². The van der Waals surface area contributed by atoms with E-state index in [9.17, 15) is 18.0 Å². The van der Waals surface area contributed by atoms with E-state index in [0.717, 1.165) is 26.1 Å². The van der Waals surface area contributed by atoms with Crippen molar-refractivity contribution in [2.45, 2.75) is 24.0 Å². The van der Waals surface area contributed by atoms with Gasteiger partial charge in [0.15, 0.2) is 0 Å². The van der Waals surface area contributed by atoms with Crippen molar-refractivity contribution >= 4 is 21.8 Å². The lowest BCUT2D eigenvalue weighted by atomic mass is 10.3. The van der Waals surface area contributed by atoms with Gasteiger partial charge >= 0.3 is 11.8 Å². The van der Waals surface area contributed by atoms with Gasteiger partial charge in [0.1, 0.15) is 12.0 Å². The van der Waals surface area contributed by atoms with Crippen LogP contribution < -0.4 is 15.4 Å². The molecular formula is C21H32N4O7S. The molecule has 11 nitrogen and oxygen atoms in total. The maximum absolute atomic E-state index is 13.1. The van der Waals surface area contributed by atoms with Crippen molar-refractivity contribution < 1.29 is 32.2 Å². The van der Waals surface area contributed by atoms with E-state index in [2.05, 4.69) is 15.5 Å². The zero-order chi connectivity index (χ0) is 23.7. The van der Waals surface area contributed by atoms with Gasteiger partial charge in [0.05, 0.1) is 38.4 Å². The number of rotatable bonds is 9. The van der Waals surface area contributed by atoms with E-state index < -0.39 is 28.1 Å². The van der Waals surface area contributed by atoms with Crippen molar-refractivity contribution in [3.63, 3.8) is 0 Å². The van der Waals surface area contributed by atoms with Gasteiger partial charge in [-0.05, 0) is 43.7 Å². The van der Waals surface area contributed by atoms with Crippen molar-refractivity contribution in [2.75, 3.05) is 66.2 Å². The third-order valence-corrected chi connectivity index (χ3v) is 7.41. The number of methoxy groups -OCH3 is 1. The Bertz CT molecular complexity index is 888. The van der Waals surface area contributed by atoms with Crippen LogP contribution in [0.2, 0.25) is 0 Å². The van der Waals surface area contributed by atoms with E-state index in [4.69, 9.17) is 14.2 Å². The Hall–Kier alpha value is -2.25. The van der Waals surface area contributed by atoms with E-state index in [1.54, 1.807) is 12.1 Å². The zero-order valence-corrected chi connectivity index (χ0v) is 19.6. The summed E-state index contributed by atoms with van der Waals surface area (Å²) < 4.78 is 43.3. The SMILES string of the molecule is COc1ccc(S(=O)(=O)N2CCCO[C@H]2CNC(=O)C(=O)NCCCN2CCOCC2)cc1. The standard InChI is InChI=1S/C21H32N4O7S/c1-30-17-4-6-18(7-5-17)33(28,29)25-10-3-13-32-19(25)16-23-21(27)20(26)22-8-2-9-24-11-14-31-15-12-24/h4-7,19H,2-3,8-16H2,1H3,(H,22,26)(H,23,27)/t19-/m0/s1. The molecule has 2 saturated heterocycles. The van der Waals surface area contributed by atoms with E-state index >= 15 is 0 Å². The third kappa shape index (κ3) is 7.11. The number of hydrogen-bond donors (Lipinski definition) is 2. The number of benzene rings is 1. The second-order valence-electron chi connectivity index (χ2n) is 7.74. The summed E-state index contributed by atoms with van der Waals surface area (Å²) in [6.07, 6.45) is 0.353. The topological polar surface area (TPSA) is 127 Å². The van der Waals surface area contributed by atoms with Crippen LogP contribution >= 0.6 is 0 Å². The first-order valence-corrected chi connectivity index (χ1v) is 12.5. The van der Waals surface area contributed by atoms with Crippen molar-refractivity contribution in [1.82, 2.24) is 19.8 Å². The average molecular weight is 485 g/mol. The van der Waals surface area contributed by atoms with Crippen LogP contribution in [-0.4, -0.2) is 102 Å². The number of carbonyl (C=O) groups is 2. The molecule has 1 aromatic rings. The smallest absolute Gasteiger partial charge is 0.309 e. The number of sulfonamides is 1. The Labute approximate surface area is 194 Å². The van der Waals surface area contributed by atoms with Crippen molar-refractivity contribution in [2.24, 2.45) is 0 Å². The lowest BCUT2D eigenvalue weighted by Crippen LogP contribution is -2.53. The van der Waals surface area contributed by atoms with Gasteiger partial charge in [0.2, 0.25) is 10.0 Å². The number of amides is 2. The Morgan fingerprint density at radius 1 is 1.06 bits per heavy atom. The molecule has 3 rings (SSSR count). The summed E-state index contributed by atoms with van der Waals surface area (Å²) in [6, 6.07) is 6.06. The van der Waals surface area contributed by atoms with E-state index in [0.29, 0.717) is 38.5 Å². The van der Waals surface area contributed by atoms with Crippen molar-refractivity contribution in [1.29, 1.82) is 0 Å². The number of nitrogens with one attached hydrogen (secondary N) is 2. The second-order valence-corrected chi connectivity index (χ2v) is 9.63. The minimum absolute atomic E-state index is 0.100. The molecule has 33 heavy (non-hydrogen) atoms. The maximum Gasteiger partial charge on any atom is 0.309 e. The third-order valence-electron chi connectivity index (χ3n) is 5.50. The lowest BCUT2D eigenvalue weighted by Gasteiger charge is -2.34. The summed E-state index contributed by atoms with van der Waals surface area (Å²) in [5, 5.41) is 5.08. The minimum atomic E-state index is -3.85. The van der Waals surface area contributed by atoms with Gasteiger partial charge in [-0.3, -0.25) is 14.5 Å². The van der Waals surface area contributed by atoms with Gasteiger partial charge < -0.3 is 24.8 Å². The molecule has 0 radical (unpaired) electrons. The Morgan fingerprint density at radius 2 is 1.76 bits per heavy atom. The fraction of sp³-hybridized carbons (Fsp3) is 0.619. The molecule has 2 heterocycles. The highest BCUT2D eigenvalue weighted by Crippen LogP contribution is 2.23. The molecule has 2 amide bonds. The predicted octanol–water partition coefficient (Wildman–Crippen LogP) is -0.613. The summed E-state index contributed by atoms with van der Waals surface area (Å²) >= 11 is 0. The van der Waals surface area contributed by atoms with Gasteiger partial charge in [-0.1, -0.05) is 0 Å². The highest BCUT2D eigenvalue weighted by Gasteiger charge is 2.35. The molecule has 2 N–H and O–H groups in total. The molecule has 0 unspecified atom stereocenters. The van der Waals surface area contributed by atoms with Crippen LogP contribution in [0, 0.1) is 0 Å². The molecule has 2 aliphatic heterocycles. The largest absolute Gasteiger partial charge is 0.497 e. The molecule has 0 bridgehead atoms. The van der Waals surface area contributed by atoms with Crippen LogP contribution in [0.25, 0.3) is 0 Å². The second kappa shape index (κ2) is 12.3. The van der Waals surface area contributed by atoms with Crippen LogP contribution in [0.4, 0.5) is 0 Å². The number of morpholine rings is 1. The molecule has 0 spiro atoms. The van der Waals surface area contributed by atoms with E-state index in [1.807, 2.05) is 0 Å². The molecule has 2 aliphatic rings. The van der Waals surface area contributed by atoms with E-state index in [-0.39, 0.29) is 18.0 Å². The molecule has 184 valence electrons. The fourth-order valence-electron chi connectivity index (χ4n) is 3.66. The summed E-state index contributed by atoms with van der Waals surface area (Å²) in [4.78, 5) is 26.6. The lowest BCUT2D eigenvalue weighted by molar-refractivity contribution is -0.140. The highest BCUT2D eigenvalue weighted by atomic mass is 32.2. The maximum atomic E-state index is 13.1. The van der Waals surface area contributed by atoms with Crippen molar-refractivity contribution in [3.05, 3.63) is 24.3 Å². The first kappa shape index (κ1) is 25.4. The minimum Gasteiger partial charge on any atom is -0.497 e. The quantitative estimate of drug-likeness (QED) is 0.351. The van der Waals surface area contributed by atoms with Crippen LogP contribution in [0.15, 0.2) is 29.2 Å². The van der Waals surface area contributed by atoms with Gasteiger partial charge in [-0.25, -0.2) is 8.42 Å². The fourth-order valence-corrected chi connectivity index (χ4v) is 5.22.